The minimum absolute atomic E-state index is 0.187. The first-order chi connectivity index (χ1) is 15.0. The van der Waals surface area contributed by atoms with E-state index >= 15 is 0 Å². The van der Waals surface area contributed by atoms with Gasteiger partial charge in [-0.3, -0.25) is 20.4 Å². The Kier molecular flexibility index (Phi) is 7.65. The van der Waals surface area contributed by atoms with Gasteiger partial charge in [-0.15, -0.1) is 0 Å². The Morgan fingerprint density at radius 2 is 1.35 bits per heavy atom. The van der Waals surface area contributed by atoms with Gasteiger partial charge in [-0.25, -0.2) is 0 Å². The normalized spacial score (nSPS) is 10.3. The van der Waals surface area contributed by atoms with Gasteiger partial charge in [-0.1, -0.05) is 48.5 Å². The summed E-state index contributed by atoms with van der Waals surface area (Å²) in [6, 6.07) is 22.7. The van der Waals surface area contributed by atoms with Crippen LogP contribution in [0, 0.1) is 13.8 Å². The molecule has 2 amide bonds. The molecule has 0 saturated heterocycles. The van der Waals surface area contributed by atoms with E-state index in [0.717, 1.165) is 16.7 Å². The summed E-state index contributed by atoms with van der Waals surface area (Å²) < 4.78 is 11.2. The van der Waals surface area contributed by atoms with Crippen molar-refractivity contribution in [3.05, 3.63) is 95.1 Å². The summed E-state index contributed by atoms with van der Waals surface area (Å²) in [5, 5.41) is 0. The van der Waals surface area contributed by atoms with Gasteiger partial charge in [0, 0.05) is 0 Å². The van der Waals surface area contributed by atoms with Gasteiger partial charge in [0.1, 0.15) is 18.1 Å². The highest BCUT2D eigenvalue weighted by atomic mass is 16.5. The number of carbonyl (C=O) groups is 2. The lowest BCUT2D eigenvalue weighted by atomic mass is 10.0. The van der Waals surface area contributed by atoms with Crippen molar-refractivity contribution in [2.24, 2.45) is 0 Å². The zero-order chi connectivity index (χ0) is 22.1. The van der Waals surface area contributed by atoms with E-state index in [4.69, 9.17) is 9.47 Å². The number of carbonyl (C=O) groups excluding carboxylic acids is 2. The Hall–Kier alpha value is -3.80. The minimum Gasteiger partial charge on any atom is -0.489 e. The summed E-state index contributed by atoms with van der Waals surface area (Å²) in [5.74, 6) is 0.497. The first-order valence-electron chi connectivity index (χ1n) is 10.0. The maximum Gasteiger partial charge on any atom is 0.276 e. The molecule has 160 valence electrons. The summed E-state index contributed by atoms with van der Waals surface area (Å²) in [6.07, 6.45) is 0.187. The van der Waals surface area contributed by atoms with E-state index in [9.17, 15) is 9.59 Å². The molecule has 0 radical (unpaired) electrons. The van der Waals surface area contributed by atoms with E-state index in [0.29, 0.717) is 18.1 Å². The molecule has 0 fully saturated rings. The van der Waals surface area contributed by atoms with E-state index in [1.807, 2.05) is 62.4 Å². The fourth-order valence-corrected chi connectivity index (χ4v) is 2.84. The topological polar surface area (TPSA) is 76.7 Å². The van der Waals surface area contributed by atoms with E-state index in [-0.39, 0.29) is 18.9 Å². The van der Waals surface area contributed by atoms with Crippen molar-refractivity contribution < 1.29 is 19.1 Å². The SMILES string of the molecule is Cc1ccc(CC(=O)NNC(=O)COc2ccc(OCc3ccccc3)cc2)cc1C. The predicted molar refractivity (Wildman–Crippen MR) is 119 cm³/mol. The molecule has 0 heterocycles. The van der Waals surface area contributed by atoms with Gasteiger partial charge in [0.2, 0.25) is 5.91 Å². The van der Waals surface area contributed by atoms with Crippen molar-refractivity contribution in [1.82, 2.24) is 10.9 Å². The first-order valence-corrected chi connectivity index (χ1v) is 10.0. The number of aryl methyl sites for hydroxylation is 2. The summed E-state index contributed by atoms with van der Waals surface area (Å²) in [7, 11) is 0. The molecule has 0 aliphatic rings. The molecule has 6 nitrogen and oxygen atoms in total. The average molecular weight is 418 g/mol. The number of hydrogen-bond donors (Lipinski definition) is 2. The average Bonchev–Trinajstić information content (AvgIpc) is 2.79. The van der Waals surface area contributed by atoms with Crippen LogP contribution in [0.4, 0.5) is 0 Å². The highest BCUT2D eigenvalue weighted by Crippen LogP contribution is 2.18. The van der Waals surface area contributed by atoms with Crippen molar-refractivity contribution in [3.8, 4) is 11.5 Å². The van der Waals surface area contributed by atoms with Gasteiger partial charge in [-0.05, 0) is 60.4 Å². The second-order valence-electron chi connectivity index (χ2n) is 7.23. The molecular formula is C25H26N2O4. The Balaban J connectivity index is 1.37. The van der Waals surface area contributed by atoms with Crippen LogP contribution in [0.15, 0.2) is 72.8 Å². The van der Waals surface area contributed by atoms with Crippen LogP contribution in [-0.2, 0) is 22.6 Å². The molecule has 0 saturated carbocycles. The van der Waals surface area contributed by atoms with Crippen LogP contribution in [0.25, 0.3) is 0 Å². The van der Waals surface area contributed by atoms with E-state index < -0.39 is 5.91 Å². The summed E-state index contributed by atoms with van der Waals surface area (Å²) in [5.41, 5.74) is 9.03. The number of ether oxygens (including phenoxy) is 2. The van der Waals surface area contributed by atoms with Gasteiger partial charge in [-0.2, -0.15) is 0 Å². The number of nitrogens with one attached hydrogen (secondary N) is 2. The molecule has 0 atom stereocenters. The van der Waals surface area contributed by atoms with Crippen LogP contribution in [0.2, 0.25) is 0 Å². The van der Waals surface area contributed by atoms with Crippen LogP contribution in [0.1, 0.15) is 22.3 Å². The van der Waals surface area contributed by atoms with E-state index in [1.54, 1.807) is 24.3 Å². The van der Waals surface area contributed by atoms with Crippen LogP contribution in [0.5, 0.6) is 11.5 Å². The Labute approximate surface area is 182 Å². The lowest BCUT2D eigenvalue weighted by Gasteiger charge is -2.10. The number of amides is 2. The van der Waals surface area contributed by atoms with Crippen molar-refractivity contribution in [2.75, 3.05) is 6.61 Å². The molecule has 0 aliphatic carbocycles. The third kappa shape index (κ3) is 7.19. The van der Waals surface area contributed by atoms with Crippen LogP contribution in [0.3, 0.4) is 0 Å². The molecule has 3 rings (SSSR count). The molecule has 2 N–H and O–H groups in total. The van der Waals surface area contributed by atoms with Crippen molar-refractivity contribution in [1.29, 1.82) is 0 Å². The fraction of sp³-hybridized carbons (Fsp3) is 0.200. The van der Waals surface area contributed by atoms with Crippen molar-refractivity contribution in [3.63, 3.8) is 0 Å². The zero-order valence-corrected chi connectivity index (χ0v) is 17.7. The third-order valence-corrected chi connectivity index (χ3v) is 4.72. The molecule has 0 unspecified atom stereocenters. The maximum absolute atomic E-state index is 12.0. The van der Waals surface area contributed by atoms with E-state index in [1.165, 1.54) is 5.56 Å². The monoisotopic (exact) mass is 418 g/mol. The van der Waals surface area contributed by atoms with Gasteiger partial charge in [0.15, 0.2) is 6.61 Å². The molecule has 0 aromatic heterocycles. The minimum atomic E-state index is -0.446. The Morgan fingerprint density at radius 3 is 2.03 bits per heavy atom. The van der Waals surface area contributed by atoms with Crippen LogP contribution in [-0.4, -0.2) is 18.4 Å². The molecule has 0 aliphatic heterocycles. The lowest BCUT2D eigenvalue weighted by Crippen LogP contribution is -2.44. The van der Waals surface area contributed by atoms with Crippen molar-refractivity contribution >= 4 is 11.8 Å². The standard InChI is InChI=1S/C25H26N2O4/c1-18-8-9-21(14-19(18)2)15-24(28)26-27-25(29)17-31-23-12-10-22(11-13-23)30-16-20-6-4-3-5-7-20/h3-14H,15-17H2,1-2H3,(H,26,28)(H,27,29). The number of benzene rings is 3. The molecule has 0 spiro atoms. The molecule has 31 heavy (non-hydrogen) atoms. The highest BCUT2D eigenvalue weighted by Gasteiger charge is 2.08. The quantitative estimate of drug-likeness (QED) is 0.548. The predicted octanol–water partition coefficient (Wildman–Crippen LogP) is 3.65. The highest BCUT2D eigenvalue weighted by molar-refractivity contribution is 5.83. The summed E-state index contributed by atoms with van der Waals surface area (Å²) in [4.78, 5) is 23.9. The molecule has 0 bridgehead atoms. The lowest BCUT2D eigenvalue weighted by molar-refractivity contribution is -0.129. The van der Waals surface area contributed by atoms with Gasteiger partial charge < -0.3 is 9.47 Å². The van der Waals surface area contributed by atoms with Gasteiger partial charge in [0.25, 0.3) is 5.91 Å². The fourth-order valence-electron chi connectivity index (χ4n) is 2.84. The second kappa shape index (κ2) is 10.8. The molecule has 3 aromatic carbocycles. The largest absolute Gasteiger partial charge is 0.489 e. The maximum atomic E-state index is 12.0. The van der Waals surface area contributed by atoms with Crippen LogP contribution >= 0.6 is 0 Å². The Morgan fingerprint density at radius 1 is 0.710 bits per heavy atom. The number of hydrazine groups is 1. The summed E-state index contributed by atoms with van der Waals surface area (Å²) in [6.45, 7) is 4.28. The second-order valence-corrected chi connectivity index (χ2v) is 7.23. The zero-order valence-electron chi connectivity index (χ0n) is 17.7. The van der Waals surface area contributed by atoms with E-state index in [2.05, 4.69) is 10.9 Å². The third-order valence-electron chi connectivity index (χ3n) is 4.72. The van der Waals surface area contributed by atoms with Crippen molar-refractivity contribution in [2.45, 2.75) is 26.9 Å². The van der Waals surface area contributed by atoms with Gasteiger partial charge in [0.05, 0.1) is 6.42 Å². The number of hydrogen-bond acceptors (Lipinski definition) is 4. The molecule has 6 heteroatoms. The number of rotatable bonds is 8. The molecule has 3 aromatic rings. The summed E-state index contributed by atoms with van der Waals surface area (Å²) >= 11 is 0. The smallest absolute Gasteiger partial charge is 0.276 e. The van der Waals surface area contributed by atoms with Crippen LogP contribution < -0.4 is 20.3 Å². The Bertz CT molecular complexity index is 1020. The first kappa shape index (κ1) is 21.9. The van der Waals surface area contributed by atoms with Gasteiger partial charge >= 0.3 is 0 Å². The molecular weight excluding hydrogens is 392 g/mol.